The number of ether oxygens (including phenoxy) is 1. The van der Waals surface area contributed by atoms with Gasteiger partial charge < -0.3 is 15.4 Å². The fraction of sp³-hybridized carbons (Fsp3) is 0.381. The fourth-order valence-corrected chi connectivity index (χ4v) is 3.18. The number of benzene rings is 2. The molecule has 0 amide bonds. The Kier molecular flexibility index (Phi) is 5.71. The molecule has 1 fully saturated rings. The lowest BCUT2D eigenvalue weighted by atomic mass is 9.96. The summed E-state index contributed by atoms with van der Waals surface area (Å²) in [7, 11) is 3.55. The highest BCUT2D eigenvalue weighted by molar-refractivity contribution is 5.79. The zero-order chi connectivity index (χ0) is 17.5. The molecule has 0 aliphatic heterocycles. The molecule has 1 atom stereocenters. The summed E-state index contributed by atoms with van der Waals surface area (Å²) < 4.78 is 5.61. The molecule has 0 spiro atoms. The number of hydrogen-bond donors (Lipinski definition) is 2. The summed E-state index contributed by atoms with van der Waals surface area (Å²) >= 11 is 0. The zero-order valence-corrected chi connectivity index (χ0v) is 15.0. The van der Waals surface area contributed by atoms with E-state index in [0.29, 0.717) is 6.54 Å². The smallest absolute Gasteiger partial charge is 0.191 e. The number of guanidine groups is 1. The van der Waals surface area contributed by atoms with Crippen LogP contribution in [-0.2, 0) is 10.2 Å². The number of hydrogen-bond acceptors (Lipinski definition) is 2. The van der Waals surface area contributed by atoms with E-state index < -0.39 is 0 Å². The van der Waals surface area contributed by atoms with Crippen molar-refractivity contribution in [1.82, 2.24) is 10.6 Å². The minimum atomic E-state index is 0.00348. The van der Waals surface area contributed by atoms with Crippen LogP contribution in [0.15, 0.2) is 65.7 Å². The summed E-state index contributed by atoms with van der Waals surface area (Å²) in [6.45, 7) is 1.58. The number of methoxy groups -OCH3 is 1. The van der Waals surface area contributed by atoms with Gasteiger partial charge in [0.1, 0.15) is 0 Å². The van der Waals surface area contributed by atoms with Crippen LogP contribution in [0.4, 0.5) is 0 Å². The molecule has 2 aromatic rings. The van der Waals surface area contributed by atoms with E-state index in [-0.39, 0.29) is 11.5 Å². The molecule has 0 heterocycles. The van der Waals surface area contributed by atoms with Crippen molar-refractivity contribution in [3.8, 4) is 0 Å². The molecule has 4 heteroatoms. The largest absolute Gasteiger partial charge is 0.375 e. The van der Waals surface area contributed by atoms with Gasteiger partial charge in [-0.15, -0.1) is 0 Å². The molecular formula is C21H27N3O. The van der Waals surface area contributed by atoms with Crippen LogP contribution in [0.25, 0.3) is 0 Å². The van der Waals surface area contributed by atoms with E-state index in [2.05, 4.69) is 58.1 Å². The Morgan fingerprint density at radius 3 is 2.24 bits per heavy atom. The van der Waals surface area contributed by atoms with Crippen LogP contribution in [0.5, 0.6) is 0 Å². The van der Waals surface area contributed by atoms with Gasteiger partial charge in [-0.25, -0.2) is 0 Å². The third-order valence-electron chi connectivity index (χ3n) is 4.97. The van der Waals surface area contributed by atoms with E-state index in [1.807, 2.05) is 25.2 Å². The molecule has 1 aliphatic rings. The molecule has 2 N–H and O–H groups in total. The van der Waals surface area contributed by atoms with Crippen LogP contribution >= 0.6 is 0 Å². The van der Waals surface area contributed by atoms with Crippen LogP contribution < -0.4 is 10.6 Å². The maximum Gasteiger partial charge on any atom is 0.191 e. The normalized spacial score (nSPS) is 17.0. The van der Waals surface area contributed by atoms with Crippen LogP contribution in [0.3, 0.4) is 0 Å². The number of nitrogens with one attached hydrogen (secondary N) is 2. The second-order valence-electron chi connectivity index (χ2n) is 6.59. The average Bonchev–Trinajstić information content (AvgIpc) is 3.47. The molecule has 0 bridgehead atoms. The monoisotopic (exact) mass is 337 g/mol. The van der Waals surface area contributed by atoms with E-state index in [9.17, 15) is 0 Å². The molecule has 0 aromatic heterocycles. The second-order valence-corrected chi connectivity index (χ2v) is 6.59. The first-order valence-corrected chi connectivity index (χ1v) is 8.85. The Morgan fingerprint density at radius 2 is 1.68 bits per heavy atom. The van der Waals surface area contributed by atoms with Crippen LogP contribution in [0, 0.1) is 0 Å². The standard InChI is InChI=1S/C21H27N3O/c1-22-20(23-15-19(25-2)17-9-5-3-6-10-17)24-16-21(13-14-21)18-11-7-4-8-12-18/h3-12,19H,13-16H2,1-2H3,(H2,22,23,24). The average molecular weight is 337 g/mol. The van der Waals surface area contributed by atoms with Gasteiger partial charge in [0.15, 0.2) is 5.96 Å². The van der Waals surface area contributed by atoms with Gasteiger partial charge in [-0.2, -0.15) is 0 Å². The number of aliphatic imine (C=N–C) groups is 1. The van der Waals surface area contributed by atoms with Crippen molar-refractivity contribution in [3.63, 3.8) is 0 Å². The summed E-state index contributed by atoms with van der Waals surface area (Å²) in [4.78, 5) is 4.35. The summed E-state index contributed by atoms with van der Waals surface area (Å²) in [5.74, 6) is 0.820. The highest BCUT2D eigenvalue weighted by Gasteiger charge is 2.43. The number of nitrogens with zero attached hydrogens (tertiary/aromatic N) is 1. The van der Waals surface area contributed by atoms with Gasteiger partial charge in [-0.3, -0.25) is 4.99 Å². The van der Waals surface area contributed by atoms with Crippen molar-refractivity contribution in [2.75, 3.05) is 27.2 Å². The van der Waals surface area contributed by atoms with Crippen LogP contribution in [0.2, 0.25) is 0 Å². The maximum atomic E-state index is 5.61. The van der Waals surface area contributed by atoms with Crippen molar-refractivity contribution in [2.45, 2.75) is 24.4 Å². The molecule has 2 aromatic carbocycles. The molecule has 3 rings (SSSR count). The summed E-state index contributed by atoms with van der Waals surface area (Å²) in [5.41, 5.74) is 2.84. The molecule has 4 nitrogen and oxygen atoms in total. The molecule has 0 saturated heterocycles. The van der Waals surface area contributed by atoms with Gasteiger partial charge in [0.05, 0.1) is 6.10 Å². The molecule has 0 radical (unpaired) electrons. The van der Waals surface area contributed by atoms with Gasteiger partial charge in [-0.1, -0.05) is 60.7 Å². The SMILES string of the molecule is CN=C(NCC(OC)c1ccccc1)NCC1(c2ccccc2)CC1. The highest BCUT2D eigenvalue weighted by Crippen LogP contribution is 2.47. The van der Waals surface area contributed by atoms with Crippen LogP contribution in [-0.4, -0.2) is 33.2 Å². The van der Waals surface area contributed by atoms with Gasteiger partial charge in [0.25, 0.3) is 0 Å². The quantitative estimate of drug-likeness (QED) is 0.602. The first-order chi connectivity index (χ1) is 12.3. The lowest BCUT2D eigenvalue weighted by molar-refractivity contribution is 0.106. The minimum Gasteiger partial charge on any atom is -0.375 e. The second kappa shape index (κ2) is 8.17. The third kappa shape index (κ3) is 4.40. The van der Waals surface area contributed by atoms with Crippen molar-refractivity contribution in [3.05, 3.63) is 71.8 Å². The van der Waals surface area contributed by atoms with Gasteiger partial charge >= 0.3 is 0 Å². The Morgan fingerprint density at radius 1 is 1.04 bits per heavy atom. The van der Waals surface area contributed by atoms with Crippen molar-refractivity contribution < 1.29 is 4.74 Å². The van der Waals surface area contributed by atoms with Gasteiger partial charge in [-0.05, 0) is 24.0 Å². The predicted molar refractivity (Wildman–Crippen MR) is 103 cm³/mol. The Labute approximate surface area is 150 Å². The predicted octanol–water partition coefficient (Wildman–Crippen LogP) is 3.27. The lowest BCUT2D eigenvalue weighted by Gasteiger charge is -2.21. The highest BCUT2D eigenvalue weighted by atomic mass is 16.5. The summed E-state index contributed by atoms with van der Waals surface area (Å²) in [6.07, 6.45) is 2.46. The molecule has 1 aliphatic carbocycles. The third-order valence-corrected chi connectivity index (χ3v) is 4.97. The first kappa shape index (κ1) is 17.5. The minimum absolute atomic E-state index is 0.00348. The van der Waals surface area contributed by atoms with Gasteiger partial charge in [0, 0.05) is 32.7 Å². The van der Waals surface area contributed by atoms with Crippen LogP contribution in [0.1, 0.15) is 30.1 Å². The topological polar surface area (TPSA) is 45.7 Å². The van der Waals surface area contributed by atoms with E-state index in [1.165, 1.54) is 18.4 Å². The lowest BCUT2D eigenvalue weighted by Crippen LogP contribution is -2.42. The van der Waals surface area contributed by atoms with Crippen molar-refractivity contribution in [1.29, 1.82) is 0 Å². The van der Waals surface area contributed by atoms with E-state index in [1.54, 1.807) is 7.11 Å². The van der Waals surface area contributed by atoms with Crippen molar-refractivity contribution >= 4 is 5.96 Å². The van der Waals surface area contributed by atoms with Crippen molar-refractivity contribution in [2.24, 2.45) is 4.99 Å². The molecule has 25 heavy (non-hydrogen) atoms. The molecule has 1 unspecified atom stereocenters. The zero-order valence-electron chi connectivity index (χ0n) is 15.0. The Bertz CT molecular complexity index is 681. The van der Waals surface area contributed by atoms with E-state index >= 15 is 0 Å². The Hall–Kier alpha value is -2.33. The van der Waals surface area contributed by atoms with E-state index in [0.717, 1.165) is 18.1 Å². The molecule has 1 saturated carbocycles. The fourth-order valence-electron chi connectivity index (χ4n) is 3.18. The number of rotatable bonds is 7. The summed E-state index contributed by atoms with van der Waals surface area (Å²) in [5, 5.41) is 6.87. The van der Waals surface area contributed by atoms with Gasteiger partial charge in [0.2, 0.25) is 0 Å². The van der Waals surface area contributed by atoms with E-state index in [4.69, 9.17) is 4.74 Å². The maximum absolute atomic E-state index is 5.61. The Balaban J connectivity index is 1.53. The molecular weight excluding hydrogens is 310 g/mol. The summed E-state index contributed by atoms with van der Waals surface area (Å²) in [6, 6.07) is 21.0. The first-order valence-electron chi connectivity index (χ1n) is 8.85. The molecule has 132 valence electrons.